The van der Waals surface area contributed by atoms with Crippen molar-refractivity contribution in [2.45, 2.75) is 6.42 Å². The van der Waals surface area contributed by atoms with Gasteiger partial charge in [0.15, 0.2) is 6.29 Å². The first-order valence-electron chi connectivity index (χ1n) is 3.92. The van der Waals surface area contributed by atoms with Gasteiger partial charge in [0.25, 0.3) is 0 Å². The Morgan fingerprint density at radius 1 is 1.50 bits per heavy atom. The SMILES string of the molecule is C=CC/C(Cl)=C\C(=C/CCl)C(=N)C=O. The molecular formula is C10H11Cl2NO. The highest BCUT2D eigenvalue weighted by atomic mass is 35.5. The Balaban J connectivity index is 4.76. The van der Waals surface area contributed by atoms with Gasteiger partial charge in [-0.3, -0.25) is 10.2 Å². The van der Waals surface area contributed by atoms with E-state index in [4.69, 9.17) is 28.6 Å². The Hall–Kier alpha value is -0.860. The van der Waals surface area contributed by atoms with Crippen molar-refractivity contribution in [3.8, 4) is 0 Å². The molecule has 0 fully saturated rings. The summed E-state index contributed by atoms with van der Waals surface area (Å²) >= 11 is 11.3. The molecule has 0 atom stereocenters. The Bertz CT molecular complexity index is 292. The van der Waals surface area contributed by atoms with E-state index in [-0.39, 0.29) is 11.6 Å². The van der Waals surface area contributed by atoms with Gasteiger partial charge in [0.1, 0.15) is 5.71 Å². The molecule has 0 aliphatic carbocycles. The van der Waals surface area contributed by atoms with Gasteiger partial charge in [-0.25, -0.2) is 0 Å². The van der Waals surface area contributed by atoms with Crippen LogP contribution in [0.15, 0.2) is 35.4 Å². The fourth-order valence-corrected chi connectivity index (χ4v) is 1.16. The number of carbonyl (C=O) groups excluding carboxylic acids is 1. The van der Waals surface area contributed by atoms with Crippen LogP contribution in [0.4, 0.5) is 0 Å². The summed E-state index contributed by atoms with van der Waals surface area (Å²) in [4.78, 5) is 10.4. The predicted octanol–water partition coefficient (Wildman–Crippen LogP) is 3.07. The molecule has 0 amide bonds. The average Bonchev–Trinajstić information content (AvgIpc) is 2.16. The second-order valence-electron chi connectivity index (χ2n) is 2.43. The number of rotatable bonds is 6. The standard InChI is InChI=1S/C10H11Cl2NO/c1-2-3-9(12)6-8(4-5-11)10(13)7-14/h2,4,6-7,13H,1,3,5H2/b8-4+,9-6+,13-10?. The first-order valence-corrected chi connectivity index (χ1v) is 4.84. The highest BCUT2D eigenvalue weighted by Crippen LogP contribution is 2.12. The topological polar surface area (TPSA) is 40.9 Å². The lowest BCUT2D eigenvalue weighted by Gasteiger charge is -1.98. The molecule has 4 heteroatoms. The Labute approximate surface area is 93.4 Å². The van der Waals surface area contributed by atoms with Crippen molar-refractivity contribution >= 4 is 35.2 Å². The number of alkyl halides is 1. The van der Waals surface area contributed by atoms with E-state index in [2.05, 4.69) is 6.58 Å². The minimum absolute atomic E-state index is 0.132. The lowest BCUT2D eigenvalue weighted by atomic mass is 10.1. The van der Waals surface area contributed by atoms with E-state index < -0.39 is 0 Å². The van der Waals surface area contributed by atoms with E-state index in [1.54, 1.807) is 18.2 Å². The summed E-state index contributed by atoms with van der Waals surface area (Å²) in [5, 5.41) is 7.82. The van der Waals surface area contributed by atoms with E-state index in [1.165, 1.54) is 0 Å². The van der Waals surface area contributed by atoms with Crippen molar-refractivity contribution in [1.82, 2.24) is 0 Å². The third-order valence-corrected chi connectivity index (χ3v) is 1.80. The molecule has 76 valence electrons. The van der Waals surface area contributed by atoms with Crippen LogP contribution in [0.2, 0.25) is 0 Å². The summed E-state index contributed by atoms with van der Waals surface area (Å²) in [5.41, 5.74) is 0.301. The second kappa shape index (κ2) is 7.54. The van der Waals surface area contributed by atoms with Crippen LogP contribution < -0.4 is 0 Å². The van der Waals surface area contributed by atoms with Crippen LogP contribution in [0.3, 0.4) is 0 Å². The molecule has 0 aliphatic rings. The molecule has 2 nitrogen and oxygen atoms in total. The molecule has 0 rings (SSSR count). The van der Waals surface area contributed by atoms with Crippen LogP contribution in [-0.4, -0.2) is 17.9 Å². The minimum Gasteiger partial charge on any atom is -0.297 e. The first kappa shape index (κ1) is 13.1. The fourth-order valence-electron chi connectivity index (χ4n) is 0.763. The number of halogens is 2. The number of hydrogen-bond acceptors (Lipinski definition) is 2. The van der Waals surface area contributed by atoms with Gasteiger partial charge in [-0.15, -0.1) is 18.2 Å². The van der Waals surface area contributed by atoms with Crippen molar-refractivity contribution in [3.63, 3.8) is 0 Å². The third-order valence-electron chi connectivity index (χ3n) is 1.38. The lowest BCUT2D eigenvalue weighted by Crippen LogP contribution is -2.01. The monoisotopic (exact) mass is 231 g/mol. The summed E-state index contributed by atoms with van der Waals surface area (Å²) < 4.78 is 0. The van der Waals surface area contributed by atoms with E-state index in [0.717, 1.165) is 0 Å². The summed E-state index contributed by atoms with van der Waals surface area (Å²) in [6.45, 7) is 3.52. The fraction of sp³-hybridized carbons (Fsp3) is 0.200. The molecule has 0 aliphatic heterocycles. The molecule has 0 saturated heterocycles. The van der Waals surface area contributed by atoms with Gasteiger partial charge < -0.3 is 0 Å². The zero-order chi connectivity index (χ0) is 11.0. The zero-order valence-electron chi connectivity index (χ0n) is 7.59. The second-order valence-corrected chi connectivity index (χ2v) is 3.22. The smallest absolute Gasteiger partial charge is 0.168 e. The normalized spacial score (nSPS) is 12.4. The minimum atomic E-state index is -0.132. The van der Waals surface area contributed by atoms with Gasteiger partial charge in [-0.2, -0.15) is 0 Å². The van der Waals surface area contributed by atoms with Crippen LogP contribution in [0, 0.1) is 5.41 Å². The van der Waals surface area contributed by atoms with E-state index in [9.17, 15) is 4.79 Å². The van der Waals surface area contributed by atoms with Crippen LogP contribution in [0.25, 0.3) is 0 Å². The molecule has 0 unspecified atom stereocenters. The van der Waals surface area contributed by atoms with E-state index >= 15 is 0 Å². The van der Waals surface area contributed by atoms with E-state index in [0.29, 0.717) is 23.3 Å². The maximum atomic E-state index is 10.4. The van der Waals surface area contributed by atoms with Gasteiger partial charge in [0, 0.05) is 22.9 Å². The maximum Gasteiger partial charge on any atom is 0.168 e. The molecule has 0 aromatic rings. The maximum absolute atomic E-state index is 10.4. The number of nitrogens with one attached hydrogen (secondary N) is 1. The van der Waals surface area contributed by atoms with Crippen LogP contribution in [-0.2, 0) is 4.79 Å². The van der Waals surface area contributed by atoms with Crippen molar-refractivity contribution < 1.29 is 4.79 Å². The van der Waals surface area contributed by atoms with Gasteiger partial charge in [0.2, 0.25) is 0 Å². The summed E-state index contributed by atoms with van der Waals surface area (Å²) in [7, 11) is 0. The molecule has 14 heavy (non-hydrogen) atoms. The molecule has 0 aromatic carbocycles. The number of carbonyl (C=O) groups is 1. The molecular weight excluding hydrogens is 221 g/mol. The number of hydrogen-bond donors (Lipinski definition) is 1. The summed E-state index contributed by atoms with van der Waals surface area (Å²) in [5.74, 6) is 0.236. The summed E-state index contributed by atoms with van der Waals surface area (Å²) in [6, 6.07) is 0. The van der Waals surface area contributed by atoms with Crippen molar-refractivity contribution in [2.24, 2.45) is 0 Å². The molecule has 0 saturated carbocycles. The zero-order valence-corrected chi connectivity index (χ0v) is 9.11. The van der Waals surface area contributed by atoms with Gasteiger partial charge in [-0.05, 0) is 6.08 Å². The Kier molecular flexibility index (Phi) is 7.07. The van der Waals surface area contributed by atoms with Crippen LogP contribution in [0.5, 0.6) is 0 Å². The highest BCUT2D eigenvalue weighted by Gasteiger charge is 2.01. The van der Waals surface area contributed by atoms with Crippen LogP contribution in [0.1, 0.15) is 6.42 Å². The van der Waals surface area contributed by atoms with Gasteiger partial charge in [-0.1, -0.05) is 23.8 Å². The molecule has 0 spiro atoms. The average molecular weight is 232 g/mol. The van der Waals surface area contributed by atoms with Gasteiger partial charge >= 0.3 is 0 Å². The number of aldehydes is 1. The van der Waals surface area contributed by atoms with E-state index in [1.807, 2.05) is 0 Å². The Morgan fingerprint density at radius 2 is 2.14 bits per heavy atom. The number of allylic oxidation sites excluding steroid dienone is 5. The highest BCUT2D eigenvalue weighted by molar-refractivity contribution is 6.37. The van der Waals surface area contributed by atoms with Gasteiger partial charge in [0.05, 0.1) is 0 Å². The van der Waals surface area contributed by atoms with Crippen molar-refractivity contribution in [3.05, 3.63) is 35.4 Å². The molecule has 0 heterocycles. The predicted molar refractivity (Wildman–Crippen MR) is 61.3 cm³/mol. The summed E-state index contributed by atoms with van der Waals surface area (Å²) in [6.07, 6.45) is 5.70. The van der Waals surface area contributed by atoms with Crippen LogP contribution >= 0.6 is 23.2 Å². The molecule has 1 N–H and O–H groups in total. The van der Waals surface area contributed by atoms with Crippen molar-refractivity contribution in [1.29, 1.82) is 5.41 Å². The first-order chi connectivity index (χ1) is 6.65. The molecule has 0 bridgehead atoms. The van der Waals surface area contributed by atoms with Crippen molar-refractivity contribution in [2.75, 3.05) is 5.88 Å². The molecule has 0 aromatic heterocycles. The lowest BCUT2D eigenvalue weighted by molar-refractivity contribution is -0.102. The third kappa shape index (κ3) is 5.00. The largest absolute Gasteiger partial charge is 0.297 e. The Morgan fingerprint density at radius 3 is 2.57 bits per heavy atom. The quantitative estimate of drug-likeness (QED) is 0.247. The molecule has 0 radical (unpaired) electrons.